The third-order valence-electron chi connectivity index (χ3n) is 3.51. The molecular weight excluding hydrogens is 328 g/mol. The van der Waals surface area contributed by atoms with Crippen molar-refractivity contribution in [2.75, 3.05) is 13.1 Å². The van der Waals surface area contributed by atoms with Crippen LogP contribution in [0.3, 0.4) is 0 Å². The number of hydrogen-bond acceptors (Lipinski definition) is 2. The van der Waals surface area contributed by atoms with Gasteiger partial charge >= 0.3 is 0 Å². The lowest BCUT2D eigenvalue weighted by Crippen LogP contribution is -2.48. The number of carbonyl (C=O) groups is 1. The van der Waals surface area contributed by atoms with Crippen molar-refractivity contribution in [2.24, 2.45) is 5.41 Å². The molecule has 0 spiro atoms. The Labute approximate surface area is 129 Å². The van der Waals surface area contributed by atoms with Crippen molar-refractivity contribution in [2.45, 2.75) is 26.3 Å². The highest BCUT2D eigenvalue weighted by Crippen LogP contribution is 2.25. The van der Waals surface area contributed by atoms with Crippen molar-refractivity contribution in [3.8, 4) is 0 Å². The minimum atomic E-state index is -0.256. The Balaban J connectivity index is 0.00000180. The number of hydrogen-bond donors (Lipinski definition) is 2. The van der Waals surface area contributed by atoms with Gasteiger partial charge in [-0.15, -0.1) is 12.4 Å². The van der Waals surface area contributed by atoms with Gasteiger partial charge in [0.15, 0.2) is 0 Å². The van der Waals surface area contributed by atoms with Crippen LogP contribution in [0.25, 0.3) is 0 Å². The number of rotatable bonds is 3. The third-order valence-corrected chi connectivity index (χ3v) is 4.04. The molecule has 1 fully saturated rings. The lowest BCUT2D eigenvalue weighted by atomic mass is 9.82. The lowest BCUT2D eigenvalue weighted by molar-refractivity contribution is -0.131. The summed E-state index contributed by atoms with van der Waals surface area (Å²) < 4.78 is 1.06. The average molecular weight is 348 g/mol. The first-order valence-electron chi connectivity index (χ1n) is 6.34. The summed E-state index contributed by atoms with van der Waals surface area (Å²) in [5.41, 5.74) is 0.868. The maximum Gasteiger partial charge on any atom is 0.227 e. The monoisotopic (exact) mass is 346 g/mol. The molecule has 1 heterocycles. The molecule has 1 amide bonds. The molecule has 2 N–H and O–H groups in total. The van der Waals surface area contributed by atoms with Crippen LogP contribution in [0, 0.1) is 5.41 Å². The van der Waals surface area contributed by atoms with Gasteiger partial charge < -0.3 is 10.6 Å². The molecule has 0 radical (unpaired) electrons. The van der Waals surface area contributed by atoms with Gasteiger partial charge in [-0.05, 0) is 44.0 Å². The summed E-state index contributed by atoms with van der Waals surface area (Å²) in [7, 11) is 0. The first-order chi connectivity index (χ1) is 8.60. The average Bonchev–Trinajstić information content (AvgIpc) is 2.38. The van der Waals surface area contributed by atoms with Crippen molar-refractivity contribution in [3.63, 3.8) is 0 Å². The van der Waals surface area contributed by atoms with Gasteiger partial charge in [0, 0.05) is 17.6 Å². The summed E-state index contributed by atoms with van der Waals surface area (Å²) in [6.07, 6.45) is 2.04. The van der Waals surface area contributed by atoms with Crippen LogP contribution in [0.5, 0.6) is 0 Å². The van der Waals surface area contributed by atoms with Crippen molar-refractivity contribution in [3.05, 3.63) is 34.3 Å². The van der Waals surface area contributed by atoms with E-state index in [-0.39, 0.29) is 23.7 Å². The molecule has 5 heteroatoms. The number of halogens is 2. The van der Waals surface area contributed by atoms with E-state index in [4.69, 9.17) is 0 Å². The highest BCUT2D eigenvalue weighted by Gasteiger charge is 2.34. The fourth-order valence-corrected chi connectivity index (χ4v) is 2.51. The van der Waals surface area contributed by atoms with E-state index in [0.29, 0.717) is 6.54 Å². The predicted octanol–water partition coefficient (Wildman–Crippen LogP) is 2.88. The van der Waals surface area contributed by atoms with Crippen LogP contribution >= 0.6 is 28.3 Å². The van der Waals surface area contributed by atoms with E-state index in [1.807, 2.05) is 31.2 Å². The lowest BCUT2D eigenvalue weighted by Gasteiger charge is -2.32. The molecule has 2 rings (SSSR count). The van der Waals surface area contributed by atoms with E-state index in [9.17, 15) is 4.79 Å². The highest BCUT2D eigenvalue weighted by molar-refractivity contribution is 9.10. The van der Waals surface area contributed by atoms with Gasteiger partial charge in [0.05, 0.1) is 5.41 Å². The Morgan fingerprint density at radius 2 is 2.11 bits per heavy atom. The summed E-state index contributed by atoms with van der Waals surface area (Å²) in [6, 6.07) is 8.02. The molecule has 19 heavy (non-hydrogen) atoms. The molecule has 0 bridgehead atoms. The van der Waals surface area contributed by atoms with Gasteiger partial charge in [0.25, 0.3) is 0 Å². The standard InChI is InChI=1S/C14H19BrN2O.ClH/c1-14(7-2-8-16-10-14)13(18)17-9-11-3-5-12(15)6-4-11;/h3-6,16H,2,7-10H2,1H3,(H,17,18);1H. The zero-order chi connectivity index (χ0) is 13.0. The normalized spacial score (nSPS) is 22.4. The van der Waals surface area contributed by atoms with E-state index < -0.39 is 0 Å². The number of piperidine rings is 1. The van der Waals surface area contributed by atoms with E-state index in [0.717, 1.165) is 36.0 Å². The number of carbonyl (C=O) groups excluding carboxylic acids is 1. The van der Waals surface area contributed by atoms with Gasteiger partial charge in [0.2, 0.25) is 5.91 Å². The number of nitrogens with one attached hydrogen (secondary N) is 2. The summed E-state index contributed by atoms with van der Waals surface area (Å²) in [5, 5.41) is 6.33. The largest absolute Gasteiger partial charge is 0.352 e. The van der Waals surface area contributed by atoms with Crippen LogP contribution in [0.1, 0.15) is 25.3 Å². The van der Waals surface area contributed by atoms with Crippen LogP contribution in [0.4, 0.5) is 0 Å². The highest BCUT2D eigenvalue weighted by atomic mass is 79.9. The second-order valence-corrected chi connectivity index (χ2v) is 6.07. The fourth-order valence-electron chi connectivity index (χ4n) is 2.25. The zero-order valence-corrected chi connectivity index (χ0v) is 13.4. The summed E-state index contributed by atoms with van der Waals surface area (Å²) in [6.45, 7) is 4.44. The SMILES string of the molecule is CC1(C(=O)NCc2ccc(Br)cc2)CCCNC1.Cl. The first kappa shape index (κ1) is 16.5. The zero-order valence-electron chi connectivity index (χ0n) is 11.0. The topological polar surface area (TPSA) is 41.1 Å². The molecule has 1 unspecified atom stereocenters. The second kappa shape index (κ2) is 7.27. The maximum atomic E-state index is 12.2. The van der Waals surface area contributed by atoms with Crippen LogP contribution in [-0.4, -0.2) is 19.0 Å². The molecule has 0 aromatic heterocycles. The Kier molecular flexibility index (Phi) is 6.30. The molecule has 106 valence electrons. The molecule has 1 saturated heterocycles. The summed E-state index contributed by atoms with van der Waals surface area (Å²) in [5.74, 6) is 0.151. The number of amides is 1. The van der Waals surface area contributed by atoms with Crippen molar-refractivity contribution in [1.82, 2.24) is 10.6 Å². The second-order valence-electron chi connectivity index (χ2n) is 5.15. The molecule has 0 aliphatic carbocycles. The van der Waals surface area contributed by atoms with Crippen molar-refractivity contribution >= 4 is 34.2 Å². The molecule has 1 aliphatic rings. The minimum absolute atomic E-state index is 0. The van der Waals surface area contributed by atoms with Crippen molar-refractivity contribution < 1.29 is 4.79 Å². The van der Waals surface area contributed by atoms with Gasteiger partial charge in [-0.25, -0.2) is 0 Å². The Hall–Kier alpha value is -0.580. The number of benzene rings is 1. The Morgan fingerprint density at radius 3 is 2.68 bits per heavy atom. The molecule has 1 atom stereocenters. The molecular formula is C14H20BrClN2O. The van der Waals surface area contributed by atoms with Gasteiger partial charge in [0.1, 0.15) is 0 Å². The Morgan fingerprint density at radius 1 is 1.42 bits per heavy atom. The van der Waals surface area contributed by atoms with Gasteiger partial charge in [-0.3, -0.25) is 4.79 Å². The molecule has 3 nitrogen and oxygen atoms in total. The molecule has 1 aliphatic heterocycles. The van der Waals surface area contributed by atoms with Crippen LogP contribution in [0.2, 0.25) is 0 Å². The van der Waals surface area contributed by atoms with E-state index >= 15 is 0 Å². The quantitative estimate of drug-likeness (QED) is 0.883. The smallest absolute Gasteiger partial charge is 0.227 e. The summed E-state index contributed by atoms with van der Waals surface area (Å²) >= 11 is 3.40. The van der Waals surface area contributed by atoms with E-state index in [1.54, 1.807) is 0 Å². The van der Waals surface area contributed by atoms with Crippen LogP contribution < -0.4 is 10.6 Å². The third kappa shape index (κ3) is 4.48. The maximum absolute atomic E-state index is 12.2. The first-order valence-corrected chi connectivity index (χ1v) is 7.13. The van der Waals surface area contributed by atoms with Gasteiger partial charge in [-0.2, -0.15) is 0 Å². The summed E-state index contributed by atoms with van der Waals surface area (Å²) in [4.78, 5) is 12.2. The van der Waals surface area contributed by atoms with Crippen LogP contribution in [-0.2, 0) is 11.3 Å². The Bertz CT molecular complexity index is 416. The van der Waals surface area contributed by atoms with E-state index in [2.05, 4.69) is 26.6 Å². The molecule has 1 aromatic rings. The molecule has 0 saturated carbocycles. The van der Waals surface area contributed by atoms with E-state index in [1.165, 1.54) is 0 Å². The predicted molar refractivity (Wildman–Crippen MR) is 83.4 cm³/mol. The minimum Gasteiger partial charge on any atom is -0.352 e. The van der Waals surface area contributed by atoms with Crippen LogP contribution in [0.15, 0.2) is 28.7 Å². The van der Waals surface area contributed by atoms with Gasteiger partial charge in [-0.1, -0.05) is 28.1 Å². The molecule has 1 aromatic carbocycles. The van der Waals surface area contributed by atoms with Crippen molar-refractivity contribution in [1.29, 1.82) is 0 Å². The fraction of sp³-hybridized carbons (Fsp3) is 0.500.